The van der Waals surface area contributed by atoms with Crippen LogP contribution in [0.2, 0.25) is 0 Å². The van der Waals surface area contributed by atoms with E-state index in [4.69, 9.17) is 4.74 Å². The molecule has 3 heteroatoms. The van der Waals surface area contributed by atoms with Crippen molar-refractivity contribution in [1.82, 2.24) is 5.32 Å². The van der Waals surface area contributed by atoms with Crippen molar-refractivity contribution in [3.05, 3.63) is 29.8 Å². The van der Waals surface area contributed by atoms with Gasteiger partial charge in [0.1, 0.15) is 18.5 Å². The second kappa shape index (κ2) is 7.81. The normalized spacial score (nSPS) is 26.8. The molecule has 3 nitrogen and oxygen atoms in total. The van der Waals surface area contributed by atoms with E-state index in [0.717, 1.165) is 18.1 Å². The molecule has 1 aromatic rings. The van der Waals surface area contributed by atoms with Crippen molar-refractivity contribution in [2.75, 3.05) is 13.2 Å². The third kappa shape index (κ3) is 4.72. The van der Waals surface area contributed by atoms with Gasteiger partial charge in [-0.3, -0.25) is 0 Å². The van der Waals surface area contributed by atoms with Gasteiger partial charge in [-0.05, 0) is 48.8 Å². The Hall–Kier alpha value is -1.06. The van der Waals surface area contributed by atoms with Gasteiger partial charge in [0.05, 0.1) is 0 Å². The molecular formula is C18H29NO2. The lowest BCUT2D eigenvalue weighted by Crippen LogP contribution is -2.39. The van der Waals surface area contributed by atoms with Crippen molar-refractivity contribution in [3.63, 3.8) is 0 Å². The van der Waals surface area contributed by atoms with E-state index in [1.54, 1.807) is 0 Å². The molecule has 1 aliphatic carbocycles. The fraction of sp³-hybridized carbons (Fsp3) is 0.667. The van der Waals surface area contributed by atoms with Gasteiger partial charge in [0, 0.05) is 12.6 Å². The van der Waals surface area contributed by atoms with Crippen molar-refractivity contribution in [2.45, 2.75) is 52.2 Å². The highest BCUT2D eigenvalue weighted by Crippen LogP contribution is 2.30. The van der Waals surface area contributed by atoms with Crippen LogP contribution in [0.15, 0.2) is 24.3 Å². The zero-order valence-electron chi connectivity index (χ0n) is 13.5. The summed E-state index contributed by atoms with van der Waals surface area (Å²) in [5, 5.41) is 13.6. The van der Waals surface area contributed by atoms with Crippen LogP contribution in [0.25, 0.3) is 0 Å². The van der Waals surface area contributed by atoms with Crippen LogP contribution in [0.1, 0.15) is 39.2 Å². The van der Waals surface area contributed by atoms with Crippen LogP contribution in [-0.4, -0.2) is 30.4 Å². The molecule has 0 aromatic heterocycles. The van der Waals surface area contributed by atoms with E-state index in [0.29, 0.717) is 25.1 Å². The summed E-state index contributed by atoms with van der Waals surface area (Å²) in [6.07, 6.45) is 3.04. The van der Waals surface area contributed by atoms with Crippen molar-refractivity contribution in [3.8, 4) is 5.75 Å². The molecule has 0 aliphatic heterocycles. The molecule has 0 bridgehead atoms. The number of hydrogen-bond donors (Lipinski definition) is 2. The van der Waals surface area contributed by atoms with Crippen molar-refractivity contribution in [1.29, 1.82) is 0 Å². The maximum Gasteiger partial charge on any atom is 0.119 e. The van der Waals surface area contributed by atoms with Crippen LogP contribution < -0.4 is 10.1 Å². The van der Waals surface area contributed by atoms with Gasteiger partial charge in [0.15, 0.2) is 0 Å². The first-order chi connectivity index (χ1) is 10.1. The van der Waals surface area contributed by atoms with Gasteiger partial charge in [-0.1, -0.05) is 32.9 Å². The van der Waals surface area contributed by atoms with E-state index in [1.165, 1.54) is 18.4 Å². The van der Waals surface area contributed by atoms with Crippen molar-refractivity contribution >= 4 is 0 Å². The fourth-order valence-electron chi connectivity index (χ4n) is 3.05. The third-order valence-corrected chi connectivity index (χ3v) is 4.83. The van der Waals surface area contributed by atoms with E-state index in [9.17, 15) is 5.11 Å². The summed E-state index contributed by atoms with van der Waals surface area (Å²) in [6, 6.07) is 8.62. The lowest BCUT2D eigenvalue weighted by atomic mass is 9.98. The molecule has 21 heavy (non-hydrogen) atoms. The van der Waals surface area contributed by atoms with Gasteiger partial charge >= 0.3 is 0 Å². The molecule has 1 aromatic carbocycles. The molecule has 0 heterocycles. The largest absolute Gasteiger partial charge is 0.491 e. The molecule has 1 saturated carbocycles. The predicted octanol–water partition coefficient (Wildman–Crippen LogP) is 3.01. The number of aryl methyl sites for hydroxylation is 1. The zero-order chi connectivity index (χ0) is 15.2. The summed E-state index contributed by atoms with van der Waals surface area (Å²) in [5.74, 6) is 2.32. The lowest BCUT2D eigenvalue weighted by molar-refractivity contribution is 0.102. The summed E-state index contributed by atoms with van der Waals surface area (Å²) >= 11 is 0. The number of aliphatic hydroxyl groups excluding tert-OH is 1. The SMILES string of the molecule is CCc1cccc(OCC(O)CNC2CCC(C)C2C)c1. The van der Waals surface area contributed by atoms with Crippen LogP contribution in [0.5, 0.6) is 5.75 Å². The van der Waals surface area contributed by atoms with Gasteiger partial charge in [0.2, 0.25) is 0 Å². The minimum Gasteiger partial charge on any atom is -0.491 e. The van der Waals surface area contributed by atoms with Crippen molar-refractivity contribution in [2.24, 2.45) is 11.8 Å². The predicted molar refractivity (Wildman–Crippen MR) is 86.7 cm³/mol. The number of rotatable bonds is 7. The average molecular weight is 291 g/mol. The average Bonchev–Trinajstić information content (AvgIpc) is 2.83. The Balaban J connectivity index is 1.71. The second-order valence-corrected chi connectivity index (χ2v) is 6.39. The van der Waals surface area contributed by atoms with Gasteiger partial charge in [0.25, 0.3) is 0 Å². The summed E-state index contributed by atoms with van der Waals surface area (Å²) in [7, 11) is 0. The molecule has 0 saturated heterocycles. The number of nitrogens with one attached hydrogen (secondary N) is 1. The molecule has 0 radical (unpaired) electrons. The van der Waals surface area contributed by atoms with Gasteiger partial charge in [-0.15, -0.1) is 0 Å². The third-order valence-electron chi connectivity index (χ3n) is 4.83. The molecule has 2 N–H and O–H groups in total. The first-order valence-electron chi connectivity index (χ1n) is 8.23. The summed E-state index contributed by atoms with van der Waals surface area (Å²) < 4.78 is 5.68. The van der Waals surface area contributed by atoms with Crippen molar-refractivity contribution < 1.29 is 9.84 Å². The number of hydrogen-bond acceptors (Lipinski definition) is 3. The topological polar surface area (TPSA) is 41.5 Å². The Morgan fingerprint density at radius 3 is 2.81 bits per heavy atom. The molecule has 4 atom stereocenters. The molecule has 4 unspecified atom stereocenters. The van der Waals surface area contributed by atoms with Crippen LogP contribution in [0, 0.1) is 11.8 Å². The monoisotopic (exact) mass is 291 g/mol. The molecule has 2 rings (SSSR count). The Morgan fingerprint density at radius 2 is 2.14 bits per heavy atom. The van der Waals surface area contributed by atoms with E-state index < -0.39 is 6.10 Å². The maximum absolute atomic E-state index is 10.1. The minimum absolute atomic E-state index is 0.344. The number of benzene rings is 1. The Kier molecular flexibility index (Phi) is 6.07. The molecule has 1 aliphatic rings. The quantitative estimate of drug-likeness (QED) is 0.811. The molecule has 1 fully saturated rings. The second-order valence-electron chi connectivity index (χ2n) is 6.39. The first kappa shape index (κ1) is 16.3. The lowest BCUT2D eigenvalue weighted by Gasteiger charge is -2.21. The maximum atomic E-state index is 10.1. The van der Waals surface area contributed by atoms with Crippen LogP contribution >= 0.6 is 0 Å². The summed E-state index contributed by atoms with van der Waals surface area (Å²) in [6.45, 7) is 7.69. The smallest absolute Gasteiger partial charge is 0.119 e. The van der Waals surface area contributed by atoms with Gasteiger partial charge in [-0.25, -0.2) is 0 Å². The van der Waals surface area contributed by atoms with E-state index in [1.807, 2.05) is 18.2 Å². The van der Waals surface area contributed by atoms with E-state index in [-0.39, 0.29) is 0 Å². The molecule has 118 valence electrons. The van der Waals surface area contributed by atoms with Crippen LogP contribution in [0.3, 0.4) is 0 Å². The zero-order valence-corrected chi connectivity index (χ0v) is 13.5. The van der Waals surface area contributed by atoms with E-state index in [2.05, 4.69) is 32.2 Å². The Labute approximate surface area is 128 Å². The Morgan fingerprint density at radius 1 is 1.33 bits per heavy atom. The first-order valence-corrected chi connectivity index (χ1v) is 8.23. The molecular weight excluding hydrogens is 262 g/mol. The van der Waals surface area contributed by atoms with Gasteiger partial charge in [-0.2, -0.15) is 0 Å². The molecule has 0 spiro atoms. The van der Waals surface area contributed by atoms with Crippen LogP contribution in [0.4, 0.5) is 0 Å². The standard InChI is InChI=1S/C18H29NO2/c1-4-15-6-5-7-17(10-15)21-12-16(20)11-19-18-9-8-13(2)14(18)3/h5-7,10,13-14,16,18-20H,4,8-9,11-12H2,1-3H3. The molecule has 0 amide bonds. The van der Waals surface area contributed by atoms with Crippen LogP contribution in [-0.2, 0) is 6.42 Å². The summed E-state index contributed by atoms with van der Waals surface area (Å²) in [4.78, 5) is 0. The summed E-state index contributed by atoms with van der Waals surface area (Å²) in [5.41, 5.74) is 1.26. The fourth-order valence-corrected chi connectivity index (χ4v) is 3.05. The highest BCUT2D eigenvalue weighted by Gasteiger charge is 2.29. The highest BCUT2D eigenvalue weighted by atomic mass is 16.5. The van der Waals surface area contributed by atoms with E-state index >= 15 is 0 Å². The number of aliphatic hydroxyl groups is 1. The minimum atomic E-state index is -0.460. The Bertz CT molecular complexity index is 435. The highest BCUT2D eigenvalue weighted by molar-refractivity contribution is 5.28. The van der Waals surface area contributed by atoms with Gasteiger partial charge < -0.3 is 15.2 Å². The number of ether oxygens (including phenoxy) is 1.